The van der Waals surface area contributed by atoms with E-state index < -0.39 is 29.0 Å². The van der Waals surface area contributed by atoms with Crippen molar-refractivity contribution in [3.05, 3.63) is 28.2 Å². The molecule has 1 unspecified atom stereocenters. The molecule has 0 bridgehead atoms. The Morgan fingerprint density at radius 3 is 2.82 bits per heavy atom. The lowest BCUT2D eigenvalue weighted by Gasteiger charge is -2.22. The minimum Gasteiger partial charge on any atom is -0.376 e. The number of anilines is 1. The summed E-state index contributed by atoms with van der Waals surface area (Å²) >= 11 is 0. The summed E-state index contributed by atoms with van der Waals surface area (Å²) in [6.45, 7) is 0.865. The number of carbonyl (C=O) groups is 1. The lowest BCUT2D eigenvalue weighted by molar-refractivity contribution is -0.137. The van der Waals surface area contributed by atoms with Crippen LogP contribution in [0.4, 0.5) is 23.7 Å². The SMILES string of the molecule is O=C(NCC1CCCCO1)Nc1cc(C(F)(F)F)c[nH]c1=O. The molecule has 22 heavy (non-hydrogen) atoms. The molecule has 1 aromatic rings. The molecule has 1 aliphatic heterocycles. The summed E-state index contributed by atoms with van der Waals surface area (Å²) in [6, 6.07) is -0.158. The largest absolute Gasteiger partial charge is 0.417 e. The first-order chi connectivity index (χ1) is 10.4. The maximum absolute atomic E-state index is 12.6. The Morgan fingerprint density at radius 2 is 2.18 bits per heavy atom. The van der Waals surface area contributed by atoms with Gasteiger partial charge in [-0.3, -0.25) is 4.79 Å². The van der Waals surface area contributed by atoms with E-state index in [1.165, 1.54) is 0 Å². The van der Waals surface area contributed by atoms with Gasteiger partial charge in [-0.25, -0.2) is 4.79 Å². The van der Waals surface area contributed by atoms with Gasteiger partial charge in [-0.1, -0.05) is 0 Å². The quantitative estimate of drug-likeness (QED) is 0.797. The molecule has 6 nitrogen and oxygen atoms in total. The van der Waals surface area contributed by atoms with Gasteiger partial charge in [0.05, 0.1) is 11.7 Å². The van der Waals surface area contributed by atoms with E-state index in [4.69, 9.17) is 4.74 Å². The number of hydrogen-bond acceptors (Lipinski definition) is 3. The number of aromatic amines is 1. The third-order valence-electron chi connectivity index (χ3n) is 3.24. The van der Waals surface area contributed by atoms with Gasteiger partial charge in [0.15, 0.2) is 0 Å². The summed E-state index contributed by atoms with van der Waals surface area (Å²) < 4.78 is 43.1. The summed E-state index contributed by atoms with van der Waals surface area (Å²) in [5, 5.41) is 4.59. The van der Waals surface area contributed by atoms with E-state index >= 15 is 0 Å². The van der Waals surface area contributed by atoms with Gasteiger partial charge in [0.25, 0.3) is 5.56 Å². The first kappa shape index (κ1) is 16.3. The van der Waals surface area contributed by atoms with Gasteiger partial charge in [0.1, 0.15) is 5.69 Å². The number of pyridine rings is 1. The molecule has 1 saturated heterocycles. The molecule has 2 amide bonds. The molecule has 122 valence electrons. The monoisotopic (exact) mass is 319 g/mol. The van der Waals surface area contributed by atoms with Crippen LogP contribution in [0.2, 0.25) is 0 Å². The molecule has 1 aromatic heterocycles. The first-order valence-electron chi connectivity index (χ1n) is 6.82. The Hall–Kier alpha value is -2.03. The van der Waals surface area contributed by atoms with Crippen molar-refractivity contribution in [2.45, 2.75) is 31.5 Å². The Morgan fingerprint density at radius 1 is 1.41 bits per heavy atom. The molecule has 1 fully saturated rings. The van der Waals surface area contributed by atoms with E-state index in [2.05, 4.69) is 10.6 Å². The van der Waals surface area contributed by atoms with Crippen LogP contribution in [0.25, 0.3) is 0 Å². The standard InChI is InChI=1S/C13H16F3N3O3/c14-13(15,16)8-5-10(11(20)17-6-8)19-12(21)18-7-9-3-1-2-4-22-9/h5-6,9H,1-4,7H2,(H,17,20)(H2,18,19,21). The van der Waals surface area contributed by atoms with Crippen LogP contribution in [-0.2, 0) is 10.9 Å². The minimum absolute atomic E-state index is 0.112. The second-order valence-corrected chi connectivity index (χ2v) is 4.95. The molecule has 0 radical (unpaired) electrons. The second-order valence-electron chi connectivity index (χ2n) is 4.95. The molecule has 1 aliphatic rings. The van der Waals surface area contributed by atoms with E-state index in [1.54, 1.807) is 0 Å². The second kappa shape index (κ2) is 6.82. The lowest BCUT2D eigenvalue weighted by Crippen LogP contribution is -2.38. The fraction of sp³-hybridized carbons (Fsp3) is 0.538. The zero-order valence-corrected chi connectivity index (χ0v) is 11.6. The third kappa shape index (κ3) is 4.48. The van der Waals surface area contributed by atoms with Crippen molar-refractivity contribution in [2.24, 2.45) is 0 Å². The lowest BCUT2D eigenvalue weighted by atomic mass is 10.1. The van der Waals surface area contributed by atoms with Crippen molar-refractivity contribution in [1.29, 1.82) is 0 Å². The van der Waals surface area contributed by atoms with Crippen molar-refractivity contribution < 1.29 is 22.7 Å². The van der Waals surface area contributed by atoms with Crippen LogP contribution in [0.15, 0.2) is 17.1 Å². The number of H-pyrrole nitrogens is 1. The molecule has 1 atom stereocenters. The van der Waals surface area contributed by atoms with Crippen molar-refractivity contribution >= 4 is 11.7 Å². The number of halogens is 3. The van der Waals surface area contributed by atoms with Gasteiger partial charge in [0.2, 0.25) is 0 Å². The van der Waals surface area contributed by atoms with Gasteiger partial charge in [-0.2, -0.15) is 13.2 Å². The fourth-order valence-electron chi connectivity index (χ4n) is 2.08. The van der Waals surface area contributed by atoms with Gasteiger partial charge in [-0.15, -0.1) is 0 Å². The minimum atomic E-state index is -4.60. The highest BCUT2D eigenvalue weighted by Gasteiger charge is 2.31. The molecule has 0 spiro atoms. The number of aromatic nitrogens is 1. The molecule has 3 N–H and O–H groups in total. The van der Waals surface area contributed by atoms with Gasteiger partial charge < -0.3 is 20.4 Å². The first-order valence-corrected chi connectivity index (χ1v) is 6.82. The number of amides is 2. The van der Waals surface area contributed by atoms with E-state index in [0.717, 1.165) is 19.3 Å². The van der Waals surface area contributed by atoms with Crippen LogP contribution in [0.3, 0.4) is 0 Å². The molecule has 2 heterocycles. The average molecular weight is 319 g/mol. The Labute approximate surface area is 124 Å². The topological polar surface area (TPSA) is 83.2 Å². The van der Waals surface area contributed by atoms with E-state index in [-0.39, 0.29) is 12.6 Å². The van der Waals surface area contributed by atoms with Crippen LogP contribution in [0.1, 0.15) is 24.8 Å². The molecular formula is C13H16F3N3O3. The number of nitrogens with one attached hydrogen (secondary N) is 3. The molecule has 0 saturated carbocycles. The van der Waals surface area contributed by atoms with Crippen molar-refractivity contribution in [3.63, 3.8) is 0 Å². The predicted octanol–water partition coefficient (Wildman–Crippen LogP) is 2.08. The van der Waals surface area contributed by atoms with Crippen LogP contribution in [-0.4, -0.2) is 30.3 Å². The number of alkyl halides is 3. The molecule has 0 aromatic carbocycles. The summed E-state index contributed by atoms with van der Waals surface area (Å²) in [6.07, 6.45) is -1.37. The Bertz CT molecular complexity index is 580. The molecule has 9 heteroatoms. The summed E-state index contributed by atoms with van der Waals surface area (Å²) in [4.78, 5) is 25.0. The van der Waals surface area contributed by atoms with Gasteiger partial charge in [0, 0.05) is 19.3 Å². The zero-order chi connectivity index (χ0) is 16.2. The van der Waals surface area contributed by atoms with Crippen molar-refractivity contribution in [2.75, 3.05) is 18.5 Å². The van der Waals surface area contributed by atoms with Crippen LogP contribution >= 0.6 is 0 Å². The Kier molecular flexibility index (Phi) is 5.07. The van der Waals surface area contributed by atoms with Crippen molar-refractivity contribution in [3.8, 4) is 0 Å². The number of ether oxygens (including phenoxy) is 1. The van der Waals surface area contributed by atoms with Crippen LogP contribution in [0, 0.1) is 0 Å². The molecule has 2 rings (SSSR count). The zero-order valence-electron chi connectivity index (χ0n) is 11.6. The Balaban J connectivity index is 1.94. The summed E-state index contributed by atoms with van der Waals surface area (Å²) in [7, 11) is 0. The fourth-order valence-corrected chi connectivity index (χ4v) is 2.08. The predicted molar refractivity (Wildman–Crippen MR) is 72.7 cm³/mol. The summed E-state index contributed by atoms with van der Waals surface area (Å²) in [5.41, 5.74) is -2.31. The third-order valence-corrected chi connectivity index (χ3v) is 3.24. The number of urea groups is 1. The van der Waals surface area contributed by atoms with E-state index in [0.29, 0.717) is 18.9 Å². The van der Waals surface area contributed by atoms with Crippen LogP contribution < -0.4 is 16.2 Å². The number of carbonyl (C=O) groups excluding carboxylic acids is 1. The summed E-state index contributed by atoms with van der Waals surface area (Å²) in [5.74, 6) is 0. The van der Waals surface area contributed by atoms with Crippen molar-refractivity contribution in [1.82, 2.24) is 10.3 Å². The maximum atomic E-state index is 12.6. The van der Waals surface area contributed by atoms with Crippen LogP contribution in [0.5, 0.6) is 0 Å². The number of hydrogen-bond donors (Lipinski definition) is 3. The molecule has 0 aliphatic carbocycles. The maximum Gasteiger partial charge on any atom is 0.417 e. The number of rotatable bonds is 3. The van der Waals surface area contributed by atoms with Gasteiger partial charge in [-0.05, 0) is 25.3 Å². The molecular weight excluding hydrogens is 303 g/mol. The van der Waals surface area contributed by atoms with E-state index in [9.17, 15) is 22.8 Å². The van der Waals surface area contributed by atoms with Gasteiger partial charge >= 0.3 is 12.2 Å². The normalized spacial score (nSPS) is 18.8. The highest BCUT2D eigenvalue weighted by molar-refractivity contribution is 5.89. The van der Waals surface area contributed by atoms with E-state index in [1.807, 2.05) is 4.98 Å². The highest BCUT2D eigenvalue weighted by Crippen LogP contribution is 2.29. The average Bonchev–Trinajstić information content (AvgIpc) is 2.47. The smallest absolute Gasteiger partial charge is 0.376 e. The highest BCUT2D eigenvalue weighted by atomic mass is 19.4.